The Morgan fingerprint density at radius 2 is 1.96 bits per heavy atom. The maximum atomic E-state index is 5.53. The molecule has 0 amide bonds. The molecule has 4 rings (SSSR count). The molecular formula is C18H15NO3S2. The van der Waals surface area contributed by atoms with Crippen LogP contribution >= 0.6 is 23.3 Å². The van der Waals surface area contributed by atoms with Gasteiger partial charge in [0.05, 0.1) is 12.8 Å². The fourth-order valence-electron chi connectivity index (χ4n) is 2.69. The molecule has 3 aromatic rings. The van der Waals surface area contributed by atoms with Crippen LogP contribution in [0.5, 0.6) is 17.2 Å². The number of ether oxygens (including phenoxy) is 3. The van der Waals surface area contributed by atoms with Gasteiger partial charge >= 0.3 is 0 Å². The van der Waals surface area contributed by atoms with E-state index in [0.29, 0.717) is 17.2 Å². The molecule has 0 aliphatic carbocycles. The molecule has 122 valence electrons. The second-order valence-electron chi connectivity index (χ2n) is 5.22. The quantitative estimate of drug-likeness (QED) is 0.619. The van der Waals surface area contributed by atoms with E-state index in [9.17, 15) is 0 Å². The lowest BCUT2D eigenvalue weighted by molar-refractivity contribution is 0.171. The zero-order chi connectivity index (χ0) is 16.5. The zero-order valence-electron chi connectivity index (χ0n) is 13.2. The minimum Gasteiger partial charge on any atom is -0.493 e. The molecule has 0 atom stereocenters. The van der Waals surface area contributed by atoms with Crippen LogP contribution in [0, 0.1) is 0 Å². The van der Waals surface area contributed by atoms with Gasteiger partial charge in [-0.2, -0.15) is 4.37 Å². The number of aromatic nitrogens is 1. The van der Waals surface area contributed by atoms with Crippen LogP contribution in [0.15, 0.2) is 46.7 Å². The van der Waals surface area contributed by atoms with Crippen molar-refractivity contribution in [2.45, 2.75) is 4.90 Å². The first-order valence-corrected chi connectivity index (χ1v) is 9.43. The van der Waals surface area contributed by atoms with E-state index in [4.69, 9.17) is 14.2 Å². The summed E-state index contributed by atoms with van der Waals surface area (Å²) in [5.41, 5.74) is 4.14. The van der Waals surface area contributed by atoms with Crippen molar-refractivity contribution in [3.63, 3.8) is 0 Å². The van der Waals surface area contributed by atoms with E-state index in [1.54, 1.807) is 18.9 Å². The van der Waals surface area contributed by atoms with Gasteiger partial charge in [0, 0.05) is 21.4 Å². The Balaban J connectivity index is 1.80. The van der Waals surface area contributed by atoms with Crippen LogP contribution in [0.25, 0.3) is 22.4 Å². The largest absolute Gasteiger partial charge is 0.493 e. The summed E-state index contributed by atoms with van der Waals surface area (Å²) >= 11 is 3.18. The Morgan fingerprint density at radius 3 is 2.71 bits per heavy atom. The number of rotatable bonds is 4. The van der Waals surface area contributed by atoms with Crippen LogP contribution in [-0.2, 0) is 0 Å². The minimum atomic E-state index is 0.217. The fourth-order valence-corrected chi connectivity index (χ4v) is 3.81. The number of benzene rings is 2. The van der Waals surface area contributed by atoms with Gasteiger partial charge < -0.3 is 14.2 Å². The summed E-state index contributed by atoms with van der Waals surface area (Å²) in [7, 11) is 1.63. The van der Waals surface area contributed by atoms with Gasteiger partial charge in [0.15, 0.2) is 11.5 Å². The molecule has 6 heteroatoms. The lowest BCUT2D eigenvalue weighted by Gasteiger charge is -2.09. The summed E-state index contributed by atoms with van der Waals surface area (Å²) in [6.45, 7) is 0.217. The second-order valence-corrected chi connectivity index (χ2v) is 6.73. The highest BCUT2D eigenvalue weighted by Gasteiger charge is 2.22. The van der Waals surface area contributed by atoms with Gasteiger partial charge in [-0.3, -0.25) is 0 Å². The predicted octanol–water partition coefficient (Wildman–Crippen LogP) is 4.94. The third kappa shape index (κ3) is 2.61. The van der Waals surface area contributed by atoms with E-state index in [0.717, 1.165) is 22.4 Å². The first-order chi connectivity index (χ1) is 11.8. The Morgan fingerprint density at radius 1 is 1.12 bits per heavy atom. The SMILES string of the molecule is COc1cc(-c2nscc2-c2ccc(SC)cc2)cc2c1OCO2. The molecule has 0 saturated carbocycles. The summed E-state index contributed by atoms with van der Waals surface area (Å²) in [5.74, 6) is 2.01. The molecule has 1 aliphatic heterocycles. The van der Waals surface area contributed by atoms with Gasteiger partial charge in [-0.05, 0) is 47.6 Å². The Labute approximate surface area is 148 Å². The van der Waals surface area contributed by atoms with E-state index in [1.807, 2.05) is 12.1 Å². The van der Waals surface area contributed by atoms with E-state index in [1.165, 1.54) is 16.4 Å². The van der Waals surface area contributed by atoms with Crippen LogP contribution in [0.2, 0.25) is 0 Å². The molecular weight excluding hydrogens is 342 g/mol. The number of methoxy groups -OCH3 is 1. The van der Waals surface area contributed by atoms with E-state index >= 15 is 0 Å². The third-order valence-electron chi connectivity index (χ3n) is 3.90. The van der Waals surface area contributed by atoms with Crippen molar-refractivity contribution in [2.24, 2.45) is 0 Å². The first kappa shape index (κ1) is 15.4. The number of hydrogen-bond acceptors (Lipinski definition) is 6. The maximum Gasteiger partial charge on any atom is 0.231 e. The van der Waals surface area contributed by atoms with E-state index in [-0.39, 0.29) is 6.79 Å². The Kier molecular flexibility index (Phi) is 4.08. The van der Waals surface area contributed by atoms with E-state index in [2.05, 4.69) is 40.3 Å². The van der Waals surface area contributed by atoms with Crippen LogP contribution in [-0.4, -0.2) is 24.5 Å². The molecule has 0 N–H and O–H groups in total. The van der Waals surface area contributed by atoms with Crippen molar-refractivity contribution in [3.05, 3.63) is 41.8 Å². The molecule has 2 heterocycles. The molecule has 24 heavy (non-hydrogen) atoms. The summed E-state index contributed by atoms with van der Waals surface area (Å²) in [6.07, 6.45) is 2.07. The summed E-state index contributed by atoms with van der Waals surface area (Å²) < 4.78 is 21.0. The highest BCUT2D eigenvalue weighted by Crippen LogP contribution is 2.45. The minimum absolute atomic E-state index is 0.217. The third-order valence-corrected chi connectivity index (χ3v) is 5.28. The molecule has 0 saturated heterocycles. The average molecular weight is 357 g/mol. The van der Waals surface area contributed by atoms with Crippen LogP contribution in [0.3, 0.4) is 0 Å². The summed E-state index contributed by atoms with van der Waals surface area (Å²) in [4.78, 5) is 1.24. The second kappa shape index (κ2) is 6.37. The van der Waals surface area contributed by atoms with Crippen molar-refractivity contribution >= 4 is 23.3 Å². The monoisotopic (exact) mass is 357 g/mol. The molecule has 0 radical (unpaired) electrons. The van der Waals surface area contributed by atoms with E-state index < -0.39 is 0 Å². The number of hydrogen-bond donors (Lipinski definition) is 0. The Bertz CT molecular complexity index is 874. The topological polar surface area (TPSA) is 40.6 Å². The molecule has 0 unspecified atom stereocenters. The van der Waals surface area contributed by atoms with Crippen molar-refractivity contribution in [1.29, 1.82) is 0 Å². The maximum absolute atomic E-state index is 5.53. The van der Waals surface area contributed by atoms with Gasteiger partial charge in [0.2, 0.25) is 12.5 Å². The summed E-state index contributed by atoms with van der Waals surface area (Å²) in [5, 5.41) is 2.07. The number of nitrogens with zero attached hydrogens (tertiary/aromatic N) is 1. The molecule has 2 aromatic carbocycles. The fraction of sp³-hybridized carbons (Fsp3) is 0.167. The van der Waals surface area contributed by atoms with Gasteiger partial charge in [0.1, 0.15) is 0 Å². The highest BCUT2D eigenvalue weighted by atomic mass is 32.2. The highest BCUT2D eigenvalue weighted by molar-refractivity contribution is 7.98. The molecule has 1 aliphatic rings. The lowest BCUT2D eigenvalue weighted by Crippen LogP contribution is -1.93. The molecule has 0 spiro atoms. The standard InChI is InChI=1S/C18H15NO3S2/c1-20-15-7-12(8-16-18(15)22-10-21-16)17-14(9-24-19-17)11-3-5-13(23-2)6-4-11/h3-9H,10H2,1-2H3. The van der Waals surface area contributed by atoms with Crippen LogP contribution in [0.4, 0.5) is 0 Å². The molecule has 1 aromatic heterocycles. The zero-order valence-corrected chi connectivity index (χ0v) is 14.9. The van der Waals surface area contributed by atoms with Crippen LogP contribution < -0.4 is 14.2 Å². The predicted molar refractivity (Wildman–Crippen MR) is 97.4 cm³/mol. The smallest absolute Gasteiger partial charge is 0.231 e. The Hall–Kier alpha value is -2.18. The van der Waals surface area contributed by atoms with Gasteiger partial charge in [-0.1, -0.05) is 12.1 Å². The first-order valence-electron chi connectivity index (χ1n) is 7.37. The molecule has 0 bridgehead atoms. The van der Waals surface area contributed by atoms with Crippen molar-refractivity contribution < 1.29 is 14.2 Å². The van der Waals surface area contributed by atoms with Crippen molar-refractivity contribution in [2.75, 3.05) is 20.2 Å². The summed E-state index contributed by atoms with van der Waals surface area (Å²) in [6, 6.07) is 12.4. The molecule has 4 nitrogen and oxygen atoms in total. The number of fused-ring (bicyclic) bond motifs is 1. The van der Waals surface area contributed by atoms with Crippen molar-refractivity contribution in [1.82, 2.24) is 4.37 Å². The normalized spacial score (nSPS) is 12.4. The lowest BCUT2D eigenvalue weighted by atomic mass is 10.0. The molecule has 0 fully saturated rings. The number of thioether (sulfide) groups is 1. The van der Waals surface area contributed by atoms with Crippen LogP contribution in [0.1, 0.15) is 0 Å². The van der Waals surface area contributed by atoms with Gasteiger partial charge in [0.25, 0.3) is 0 Å². The average Bonchev–Trinajstić information content (AvgIpc) is 3.29. The van der Waals surface area contributed by atoms with Gasteiger partial charge in [-0.15, -0.1) is 11.8 Å². The van der Waals surface area contributed by atoms with Crippen molar-refractivity contribution in [3.8, 4) is 39.6 Å². The van der Waals surface area contributed by atoms with Gasteiger partial charge in [-0.25, -0.2) is 0 Å².